The lowest BCUT2D eigenvalue weighted by Crippen LogP contribution is -2.59. The number of carbonyl (C=O) groups is 1. The van der Waals surface area contributed by atoms with Crippen LogP contribution in [0.1, 0.15) is 41.1 Å². The number of rotatable bonds is 2. The van der Waals surface area contributed by atoms with Crippen LogP contribution in [-0.2, 0) is 6.42 Å². The van der Waals surface area contributed by atoms with Crippen molar-refractivity contribution in [2.24, 2.45) is 5.92 Å². The summed E-state index contributed by atoms with van der Waals surface area (Å²) in [5.41, 5.74) is 3.59. The summed E-state index contributed by atoms with van der Waals surface area (Å²) in [6.07, 6.45) is 2.99. The molecule has 3 saturated heterocycles. The van der Waals surface area contributed by atoms with Crippen molar-refractivity contribution < 1.29 is 9.18 Å². The van der Waals surface area contributed by atoms with Crippen molar-refractivity contribution in [2.75, 3.05) is 26.2 Å². The Hall–Kier alpha value is -2.91. The van der Waals surface area contributed by atoms with Gasteiger partial charge in [-0.15, -0.1) is 0 Å². The SMILES string of the molecule is N#Cc1ccc2c(c1)CCN(C(=O)N[C@@H]1CN3CCC1CC3)[C@@H]2c1ccc(F)cc1. The minimum Gasteiger partial charge on any atom is -0.334 e. The van der Waals surface area contributed by atoms with Crippen molar-refractivity contribution in [1.29, 1.82) is 5.26 Å². The normalized spacial score (nSPS) is 27.3. The largest absolute Gasteiger partial charge is 0.334 e. The van der Waals surface area contributed by atoms with Crippen LogP contribution in [-0.4, -0.2) is 48.1 Å². The topological polar surface area (TPSA) is 59.4 Å². The predicted octanol–water partition coefficient (Wildman–Crippen LogP) is 3.45. The Bertz CT molecular complexity index is 991. The van der Waals surface area contributed by atoms with Gasteiger partial charge in [-0.05, 0) is 79.2 Å². The third-order valence-corrected chi connectivity index (χ3v) is 6.91. The molecule has 0 saturated carbocycles. The van der Waals surface area contributed by atoms with E-state index in [1.807, 2.05) is 17.0 Å². The first-order valence-electron chi connectivity index (χ1n) is 10.7. The Morgan fingerprint density at radius 2 is 1.87 bits per heavy atom. The van der Waals surface area contributed by atoms with Gasteiger partial charge in [-0.25, -0.2) is 9.18 Å². The van der Waals surface area contributed by atoms with Gasteiger partial charge in [0.25, 0.3) is 0 Å². The number of nitrogens with one attached hydrogen (secondary N) is 1. The highest BCUT2D eigenvalue weighted by Gasteiger charge is 2.38. The second-order valence-electron chi connectivity index (χ2n) is 8.62. The number of benzene rings is 2. The molecule has 2 atom stereocenters. The van der Waals surface area contributed by atoms with Crippen LogP contribution >= 0.6 is 0 Å². The molecule has 4 aliphatic heterocycles. The van der Waals surface area contributed by atoms with E-state index in [1.54, 1.807) is 18.2 Å². The maximum Gasteiger partial charge on any atom is 0.318 e. The third-order valence-electron chi connectivity index (χ3n) is 6.91. The van der Waals surface area contributed by atoms with E-state index in [4.69, 9.17) is 0 Å². The fourth-order valence-corrected chi connectivity index (χ4v) is 5.29. The highest BCUT2D eigenvalue weighted by atomic mass is 19.1. The van der Waals surface area contributed by atoms with E-state index < -0.39 is 0 Å². The van der Waals surface area contributed by atoms with Crippen LogP contribution in [0.3, 0.4) is 0 Å². The van der Waals surface area contributed by atoms with Gasteiger partial charge in [0.2, 0.25) is 0 Å². The number of nitriles is 1. The summed E-state index contributed by atoms with van der Waals surface area (Å²) in [5.74, 6) is 0.261. The first kappa shape index (κ1) is 19.1. The molecule has 6 rings (SSSR count). The molecule has 2 amide bonds. The van der Waals surface area contributed by atoms with Gasteiger partial charge in [0.15, 0.2) is 0 Å². The minimum absolute atomic E-state index is 0.0573. The molecule has 4 aliphatic rings. The van der Waals surface area contributed by atoms with Crippen molar-refractivity contribution in [2.45, 2.75) is 31.3 Å². The monoisotopic (exact) mass is 404 g/mol. The summed E-state index contributed by atoms with van der Waals surface area (Å²) in [4.78, 5) is 17.7. The molecule has 0 aromatic heterocycles. The molecule has 2 aromatic rings. The number of hydrogen-bond acceptors (Lipinski definition) is 3. The molecular formula is C24H25FN4O. The number of piperidine rings is 3. The number of hydrogen-bond donors (Lipinski definition) is 1. The smallest absolute Gasteiger partial charge is 0.318 e. The zero-order valence-electron chi connectivity index (χ0n) is 16.9. The number of urea groups is 1. The van der Waals surface area contributed by atoms with Gasteiger partial charge in [-0.2, -0.15) is 5.26 Å². The molecule has 4 heterocycles. The molecule has 30 heavy (non-hydrogen) atoms. The van der Waals surface area contributed by atoms with E-state index in [-0.39, 0.29) is 23.9 Å². The highest BCUT2D eigenvalue weighted by molar-refractivity contribution is 5.76. The second kappa shape index (κ2) is 7.73. The van der Waals surface area contributed by atoms with Crippen LogP contribution in [0.2, 0.25) is 0 Å². The van der Waals surface area contributed by atoms with Crippen molar-refractivity contribution >= 4 is 6.03 Å². The summed E-state index contributed by atoms with van der Waals surface area (Å²) in [6, 6.07) is 14.1. The van der Waals surface area contributed by atoms with E-state index >= 15 is 0 Å². The Balaban J connectivity index is 1.46. The van der Waals surface area contributed by atoms with Gasteiger partial charge in [0.1, 0.15) is 5.82 Å². The van der Waals surface area contributed by atoms with Crippen LogP contribution in [0.4, 0.5) is 9.18 Å². The van der Waals surface area contributed by atoms with E-state index in [0.29, 0.717) is 24.4 Å². The number of halogens is 1. The maximum atomic E-state index is 13.6. The maximum absolute atomic E-state index is 13.6. The number of carbonyl (C=O) groups excluding carboxylic acids is 1. The summed E-state index contributed by atoms with van der Waals surface area (Å²) < 4.78 is 13.6. The molecule has 2 bridgehead atoms. The first-order chi connectivity index (χ1) is 14.6. The second-order valence-corrected chi connectivity index (χ2v) is 8.62. The summed E-state index contributed by atoms with van der Waals surface area (Å²) in [5, 5.41) is 12.6. The molecule has 0 spiro atoms. The van der Waals surface area contributed by atoms with Crippen LogP contribution in [0.25, 0.3) is 0 Å². The zero-order chi connectivity index (χ0) is 20.7. The van der Waals surface area contributed by atoms with Gasteiger partial charge in [-0.3, -0.25) is 0 Å². The number of nitrogens with zero attached hydrogens (tertiary/aromatic N) is 3. The molecule has 0 aliphatic carbocycles. The standard InChI is InChI=1S/C24H25FN4O/c25-20-4-2-18(3-5-20)23-21-6-1-16(14-26)13-19(21)9-12-29(23)24(30)27-22-15-28-10-7-17(22)8-11-28/h1-6,13,17,22-23H,7-12,15H2,(H,27,30)/t22-,23-/m1/s1. The predicted molar refractivity (Wildman–Crippen MR) is 111 cm³/mol. The Labute approximate surface area is 176 Å². The van der Waals surface area contributed by atoms with Gasteiger partial charge >= 0.3 is 6.03 Å². The van der Waals surface area contributed by atoms with Crippen molar-refractivity contribution in [1.82, 2.24) is 15.1 Å². The molecular weight excluding hydrogens is 379 g/mol. The molecule has 3 fully saturated rings. The highest BCUT2D eigenvalue weighted by Crippen LogP contribution is 2.36. The Morgan fingerprint density at radius 3 is 2.53 bits per heavy atom. The summed E-state index contributed by atoms with van der Waals surface area (Å²) in [7, 11) is 0. The first-order valence-corrected chi connectivity index (χ1v) is 10.7. The van der Waals surface area contributed by atoms with Crippen LogP contribution in [0.5, 0.6) is 0 Å². The number of amides is 2. The third kappa shape index (κ3) is 3.44. The van der Waals surface area contributed by atoms with Crippen LogP contribution in [0.15, 0.2) is 42.5 Å². The van der Waals surface area contributed by atoms with Gasteiger partial charge in [0.05, 0.1) is 17.7 Å². The lowest BCUT2D eigenvalue weighted by atomic mass is 9.84. The lowest BCUT2D eigenvalue weighted by molar-refractivity contribution is 0.0715. The molecule has 2 aromatic carbocycles. The molecule has 154 valence electrons. The average Bonchev–Trinajstić information content (AvgIpc) is 2.79. The quantitative estimate of drug-likeness (QED) is 0.834. The molecule has 6 heteroatoms. The Kier molecular flexibility index (Phi) is 4.92. The van der Waals surface area contributed by atoms with E-state index in [0.717, 1.165) is 49.2 Å². The summed E-state index contributed by atoms with van der Waals surface area (Å²) in [6.45, 7) is 3.76. The zero-order valence-corrected chi connectivity index (χ0v) is 16.9. The van der Waals surface area contributed by atoms with Gasteiger partial charge in [-0.1, -0.05) is 18.2 Å². The van der Waals surface area contributed by atoms with E-state index in [2.05, 4.69) is 16.3 Å². The van der Waals surface area contributed by atoms with Crippen LogP contribution in [0, 0.1) is 23.1 Å². The summed E-state index contributed by atoms with van der Waals surface area (Å²) >= 11 is 0. The average molecular weight is 404 g/mol. The van der Waals surface area contributed by atoms with Crippen molar-refractivity contribution in [3.8, 4) is 6.07 Å². The molecule has 1 N–H and O–H groups in total. The minimum atomic E-state index is -0.294. The fraction of sp³-hybridized carbons (Fsp3) is 0.417. The number of fused-ring (bicyclic) bond motifs is 4. The Morgan fingerprint density at radius 1 is 1.10 bits per heavy atom. The van der Waals surface area contributed by atoms with Crippen LogP contribution < -0.4 is 5.32 Å². The molecule has 0 radical (unpaired) electrons. The fourth-order valence-electron chi connectivity index (χ4n) is 5.29. The van der Waals surface area contributed by atoms with Crippen molar-refractivity contribution in [3.05, 3.63) is 70.5 Å². The lowest BCUT2D eigenvalue weighted by Gasteiger charge is -2.46. The van der Waals surface area contributed by atoms with Gasteiger partial charge in [0, 0.05) is 19.1 Å². The van der Waals surface area contributed by atoms with E-state index in [9.17, 15) is 14.4 Å². The molecule has 5 nitrogen and oxygen atoms in total. The molecule has 0 unspecified atom stereocenters. The van der Waals surface area contributed by atoms with Crippen molar-refractivity contribution in [3.63, 3.8) is 0 Å². The van der Waals surface area contributed by atoms with E-state index in [1.165, 1.54) is 12.1 Å². The van der Waals surface area contributed by atoms with Gasteiger partial charge < -0.3 is 15.1 Å².